The molecule has 3 aromatic rings. The van der Waals surface area contributed by atoms with Gasteiger partial charge in [-0.2, -0.15) is 0 Å². The number of carbonyl (C=O) groups is 4. The first-order valence-electron chi connectivity index (χ1n) is 13.6. The molecule has 0 fully saturated rings. The first-order chi connectivity index (χ1) is 19.7. The zero-order valence-corrected chi connectivity index (χ0v) is 23.2. The number of aromatic nitrogens is 2. The molecule has 5 atom stereocenters. The van der Waals surface area contributed by atoms with Crippen LogP contribution in [0.3, 0.4) is 0 Å². The Morgan fingerprint density at radius 1 is 0.829 bits per heavy atom. The molecule has 3 rings (SSSR count). The summed E-state index contributed by atoms with van der Waals surface area (Å²) >= 11 is 0. The number of nitrogens with two attached hydrogens (primary N) is 1. The van der Waals surface area contributed by atoms with E-state index in [-0.39, 0.29) is 18.8 Å². The minimum absolute atomic E-state index is 0.0159. The van der Waals surface area contributed by atoms with Crippen LogP contribution in [0.15, 0.2) is 73.2 Å². The number of aromatic amines is 1. The number of imidazole rings is 1. The van der Waals surface area contributed by atoms with Crippen molar-refractivity contribution in [1.29, 1.82) is 0 Å². The average Bonchev–Trinajstić information content (AvgIpc) is 3.48. The van der Waals surface area contributed by atoms with E-state index in [1.165, 1.54) is 12.5 Å². The van der Waals surface area contributed by atoms with Crippen molar-refractivity contribution in [3.8, 4) is 0 Å². The van der Waals surface area contributed by atoms with Gasteiger partial charge in [-0.3, -0.25) is 14.4 Å². The van der Waals surface area contributed by atoms with Gasteiger partial charge in [-0.05, 0) is 23.5 Å². The number of H-pyrrole nitrogens is 1. The highest BCUT2D eigenvalue weighted by Crippen LogP contribution is 2.12. The van der Waals surface area contributed by atoms with Gasteiger partial charge in [0.2, 0.25) is 17.7 Å². The lowest BCUT2D eigenvalue weighted by Gasteiger charge is -2.28. The Morgan fingerprint density at radius 3 is 1.95 bits per heavy atom. The van der Waals surface area contributed by atoms with E-state index in [4.69, 9.17) is 5.73 Å². The number of carboxylic acid groups (broad SMARTS) is 1. The Bertz CT molecular complexity index is 1270. The molecule has 11 heteroatoms. The SMILES string of the molecule is CCC(C)C(NC(=O)C(N)Cc1ccccc1)C(=O)NC(Cc1ccccc1)C(=O)NC(Cc1cnc[nH]1)C(=O)O. The molecule has 0 bridgehead atoms. The summed E-state index contributed by atoms with van der Waals surface area (Å²) in [7, 11) is 0. The number of amides is 3. The Morgan fingerprint density at radius 2 is 1.41 bits per heavy atom. The molecular formula is C30H38N6O5. The van der Waals surface area contributed by atoms with Gasteiger partial charge < -0.3 is 31.8 Å². The summed E-state index contributed by atoms with van der Waals surface area (Å²) in [5, 5.41) is 17.8. The summed E-state index contributed by atoms with van der Waals surface area (Å²) < 4.78 is 0. The third kappa shape index (κ3) is 9.57. The number of benzene rings is 2. The Hall–Kier alpha value is -4.51. The molecule has 0 spiro atoms. The van der Waals surface area contributed by atoms with Gasteiger partial charge in [0.15, 0.2) is 0 Å². The maximum Gasteiger partial charge on any atom is 0.326 e. The zero-order chi connectivity index (χ0) is 29.8. The van der Waals surface area contributed by atoms with Crippen LogP contribution in [0, 0.1) is 5.92 Å². The molecule has 0 aliphatic heterocycles. The van der Waals surface area contributed by atoms with Gasteiger partial charge in [-0.15, -0.1) is 0 Å². The summed E-state index contributed by atoms with van der Waals surface area (Å²) in [6, 6.07) is 14.2. The van der Waals surface area contributed by atoms with Gasteiger partial charge >= 0.3 is 5.97 Å². The van der Waals surface area contributed by atoms with Crippen molar-refractivity contribution in [2.75, 3.05) is 0 Å². The Balaban J connectivity index is 1.76. The van der Waals surface area contributed by atoms with Crippen molar-refractivity contribution in [2.45, 2.75) is 63.7 Å². The van der Waals surface area contributed by atoms with Crippen molar-refractivity contribution >= 4 is 23.7 Å². The number of nitrogens with one attached hydrogen (secondary N) is 4. The quantitative estimate of drug-likeness (QED) is 0.162. The van der Waals surface area contributed by atoms with Crippen molar-refractivity contribution in [3.05, 3.63) is 90.0 Å². The Kier molecular flexibility index (Phi) is 11.6. The highest BCUT2D eigenvalue weighted by atomic mass is 16.4. The van der Waals surface area contributed by atoms with Crippen LogP contribution in [0.1, 0.15) is 37.1 Å². The fourth-order valence-corrected chi connectivity index (χ4v) is 4.33. The molecule has 1 heterocycles. The zero-order valence-electron chi connectivity index (χ0n) is 23.2. The molecule has 5 unspecified atom stereocenters. The molecule has 0 saturated heterocycles. The minimum atomic E-state index is -1.25. The molecule has 0 aliphatic rings. The summed E-state index contributed by atoms with van der Waals surface area (Å²) in [6.07, 6.45) is 3.87. The first kappa shape index (κ1) is 31.0. The van der Waals surface area contributed by atoms with Gasteiger partial charge in [0.25, 0.3) is 0 Å². The predicted octanol–water partition coefficient (Wildman–Crippen LogP) is 1.35. The minimum Gasteiger partial charge on any atom is -0.480 e. The monoisotopic (exact) mass is 562 g/mol. The molecule has 0 aliphatic carbocycles. The first-order valence-corrected chi connectivity index (χ1v) is 13.6. The number of hydrogen-bond acceptors (Lipinski definition) is 6. The third-order valence-corrected chi connectivity index (χ3v) is 6.94. The average molecular weight is 563 g/mol. The van der Waals surface area contributed by atoms with Gasteiger partial charge in [-0.25, -0.2) is 9.78 Å². The van der Waals surface area contributed by atoms with Crippen molar-refractivity contribution in [1.82, 2.24) is 25.9 Å². The van der Waals surface area contributed by atoms with Crippen molar-refractivity contribution in [2.24, 2.45) is 11.7 Å². The van der Waals surface area contributed by atoms with Gasteiger partial charge in [0, 0.05) is 24.7 Å². The fourth-order valence-electron chi connectivity index (χ4n) is 4.33. The lowest BCUT2D eigenvalue weighted by atomic mass is 9.96. The largest absolute Gasteiger partial charge is 0.480 e. The summed E-state index contributed by atoms with van der Waals surface area (Å²) in [6.45, 7) is 3.71. The number of aliphatic carboxylic acids is 1. The van der Waals surface area contributed by atoms with Crippen LogP contribution in [-0.2, 0) is 38.4 Å². The number of rotatable bonds is 15. The van der Waals surface area contributed by atoms with E-state index in [0.717, 1.165) is 11.1 Å². The van der Waals surface area contributed by atoms with Crippen LogP contribution in [0.25, 0.3) is 0 Å². The van der Waals surface area contributed by atoms with Crippen molar-refractivity contribution < 1.29 is 24.3 Å². The molecular weight excluding hydrogens is 524 g/mol. The molecule has 41 heavy (non-hydrogen) atoms. The van der Waals surface area contributed by atoms with Crippen molar-refractivity contribution in [3.63, 3.8) is 0 Å². The van der Waals surface area contributed by atoms with E-state index in [1.54, 1.807) is 12.1 Å². The number of carboxylic acids is 1. The highest BCUT2D eigenvalue weighted by Gasteiger charge is 2.32. The number of carbonyl (C=O) groups excluding carboxylic acids is 3. The lowest BCUT2D eigenvalue weighted by Crippen LogP contribution is -2.59. The molecule has 2 aromatic carbocycles. The lowest BCUT2D eigenvalue weighted by molar-refractivity contribution is -0.142. The molecule has 0 saturated carbocycles. The van der Waals surface area contributed by atoms with E-state index < -0.39 is 47.9 Å². The predicted molar refractivity (Wildman–Crippen MR) is 153 cm³/mol. The molecule has 218 valence electrons. The van der Waals surface area contributed by atoms with E-state index in [1.807, 2.05) is 62.4 Å². The van der Waals surface area contributed by atoms with E-state index >= 15 is 0 Å². The summed E-state index contributed by atoms with van der Waals surface area (Å²) in [4.78, 5) is 58.6. The van der Waals surface area contributed by atoms with Crippen LogP contribution >= 0.6 is 0 Å². The molecule has 7 N–H and O–H groups in total. The van der Waals surface area contributed by atoms with Crippen LogP contribution in [-0.4, -0.2) is 62.9 Å². The Labute approximate surface area is 239 Å². The van der Waals surface area contributed by atoms with Gasteiger partial charge in [-0.1, -0.05) is 80.9 Å². The standard InChI is InChI=1S/C30H38N6O5/c1-3-19(2)26(36-27(37)23(31)14-20-10-6-4-7-11-20)29(39)34-24(15-21-12-8-5-9-13-21)28(38)35-25(30(40)41)16-22-17-32-18-33-22/h4-13,17-19,23-26H,3,14-16,31H2,1-2H3,(H,32,33)(H,34,39)(H,35,38)(H,36,37)(H,40,41). The van der Waals surface area contributed by atoms with Gasteiger partial charge in [0.05, 0.1) is 12.4 Å². The van der Waals surface area contributed by atoms with Crippen LogP contribution in [0.5, 0.6) is 0 Å². The third-order valence-electron chi connectivity index (χ3n) is 6.94. The van der Waals surface area contributed by atoms with E-state index in [9.17, 15) is 24.3 Å². The molecule has 11 nitrogen and oxygen atoms in total. The molecule has 1 aromatic heterocycles. The van der Waals surface area contributed by atoms with Crippen LogP contribution in [0.2, 0.25) is 0 Å². The second-order valence-electron chi connectivity index (χ2n) is 10.1. The molecule has 3 amide bonds. The van der Waals surface area contributed by atoms with Crippen LogP contribution in [0.4, 0.5) is 0 Å². The molecule has 0 radical (unpaired) electrons. The second-order valence-corrected chi connectivity index (χ2v) is 10.1. The van der Waals surface area contributed by atoms with E-state index in [0.29, 0.717) is 18.5 Å². The summed E-state index contributed by atoms with van der Waals surface area (Å²) in [5.74, 6) is -3.20. The summed E-state index contributed by atoms with van der Waals surface area (Å²) in [5.41, 5.74) is 8.35. The number of nitrogens with zero attached hydrogens (tertiary/aromatic N) is 1. The maximum atomic E-state index is 13.6. The highest BCUT2D eigenvalue weighted by molar-refractivity contribution is 5.94. The second kappa shape index (κ2) is 15.3. The maximum absolute atomic E-state index is 13.6. The topological polar surface area (TPSA) is 179 Å². The van der Waals surface area contributed by atoms with E-state index in [2.05, 4.69) is 25.9 Å². The normalized spacial score (nSPS) is 14.6. The van der Waals surface area contributed by atoms with Crippen LogP contribution < -0.4 is 21.7 Å². The van der Waals surface area contributed by atoms with Gasteiger partial charge in [0.1, 0.15) is 18.1 Å². The number of hydrogen-bond donors (Lipinski definition) is 6. The fraction of sp³-hybridized carbons (Fsp3) is 0.367. The smallest absolute Gasteiger partial charge is 0.326 e.